The molecule has 0 nitrogen and oxygen atoms in total. The minimum atomic E-state index is 0.847. The summed E-state index contributed by atoms with van der Waals surface area (Å²) in [5, 5.41) is 0. The lowest BCUT2D eigenvalue weighted by molar-refractivity contribution is 0.999. The van der Waals surface area contributed by atoms with Gasteiger partial charge >= 0.3 is 0 Å². The fraction of sp³-hybridized carbons (Fsp3) is 0.625. The molecule has 0 spiro atoms. The second-order valence-corrected chi connectivity index (χ2v) is 2.76. The summed E-state index contributed by atoms with van der Waals surface area (Å²) in [4.78, 5) is 0. The van der Waals surface area contributed by atoms with E-state index in [0.29, 0.717) is 0 Å². The highest BCUT2D eigenvalue weighted by Crippen LogP contribution is 2.35. The lowest BCUT2D eigenvalue weighted by atomic mass is 10.1. The fourth-order valence-electron chi connectivity index (χ4n) is 0.792. The Morgan fingerprint density at radius 1 is 1.38 bits per heavy atom. The van der Waals surface area contributed by atoms with Crippen LogP contribution in [0.2, 0.25) is 0 Å². The van der Waals surface area contributed by atoms with Crippen LogP contribution in [-0.4, -0.2) is 0 Å². The topological polar surface area (TPSA) is 0 Å². The van der Waals surface area contributed by atoms with E-state index in [1.54, 1.807) is 5.57 Å². The Morgan fingerprint density at radius 2 is 1.88 bits per heavy atom. The standard InChI is InChI=1S/C8H13/c1-6(2)7(3)8-4-5-8/h4,8H,5H2,1-3H3. The molecule has 0 heteroatoms. The van der Waals surface area contributed by atoms with E-state index in [1.807, 2.05) is 0 Å². The molecule has 1 aliphatic rings. The third-order valence-electron chi connectivity index (χ3n) is 1.82. The van der Waals surface area contributed by atoms with E-state index in [2.05, 4.69) is 27.2 Å². The molecule has 0 N–H and O–H groups in total. The molecule has 0 amide bonds. The van der Waals surface area contributed by atoms with Crippen LogP contribution in [0.15, 0.2) is 11.1 Å². The molecule has 0 saturated heterocycles. The van der Waals surface area contributed by atoms with Gasteiger partial charge in [0.05, 0.1) is 0 Å². The van der Waals surface area contributed by atoms with Crippen molar-refractivity contribution in [3.8, 4) is 0 Å². The zero-order valence-electron chi connectivity index (χ0n) is 5.86. The highest BCUT2D eigenvalue weighted by Gasteiger charge is 2.23. The number of hydrogen-bond acceptors (Lipinski definition) is 0. The molecule has 1 aliphatic carbocycles. The minimum absolute atomic E-state index is 0.847. The second-order valence-electron chi connectivity index (χ2n) is 2.76. The first-order chi connectivity index (χ1) is 3.72. The average Bonchev–Trinajstić information content (AvgIpc) is 2.43. The Balaban J connectivity index is 2.54. The highest BCUT2D eigenvalue weighted by molar-refractivity contribution is 5.21. The summed E-state index contributed by atoms with van der Waals surface area (Å²) in [5.41, 5.74) is 3.06. The van der Waals surface area contributed by atoms with Crippen molar-refractivity contribution in [2.24, 2.45) is 5.92 Å². The molecular formula is C8H13. The Labute approximate surface area is 51.6 Å². The van der Waals surface area contributed by atoms with Crippen molar-refractivity contribution in [2.45, 2.75) is 27.2 Å². The van der Waals surface area contributed by atoms with Crippen LogP contribution in [0.1, 0.15) is 27.2 Å². The van der Waals surface area contributed by atoms with E-state index in [4.69, 9.17) is 0 Å². The van der Waals surface area contributed by atoms with Crippen molar-refractivity contribution in [1.29, 1.82) is 0 Å². The third-order valence-corrected chi connectivity index (χ3v) is 1.82. The van der Waals surface area contributed by atoms with Gasteiger partial charge in [0, 0.05) is 0 Å². The Morgan fingerprint density at radius 3 is 2.00 bits per heavy atom. The van der Waals surface area contributed by atoms with Crippen LogP contribution in [0, 0.1) is 12.3 Å². The van der Waals surface area contributed by atoms with E-state index >= 15 is 0 Å². The van der Waals surface area contributed by atoms with Gasteiger partial charge in [-0.15, -0.1) is 0 Å². The molecule has 0 aromatic rings. The van der Waals surface area contributed by atoms with Crippen LogP contribution >= 0.6 is 0 Å². The van der Waals surface area contributed by atoms with E-state index < -0.39 is 0 Å². The van der Waals surface area contributed by atoms with Crippen LogP contribution < -0.4 is 0 Å². The van der Waals surface area contributed by atoms with Crippen molar-refractivity contribution in [3.05, 3.63) is 17.6 Å². The van der Waals surface area contributed by atoms with Gasteiger partial charge in [-0.05, 0) is 39.5 Å². The summed E-state index contributed by atoms with van der Waals surface area (Å²) in [5.74, 6) is 0.847. The van der Waals surface area contributed by atoms with Crippen molar-refractivity contribution >= 4 is 0 Å². The van der Waals surface area contributed by atoms with E-state index in [-0.39, 0.29) is 0 Å². The van der Waals surface area contributed by atoms with E-state index in [0.717, 1.165) is 5.92 Å². The fourth-order valence-corrected chi connectivity index (χ4v) is 0.792. The van der Waals surface area contributed by atoms with Gasteiger partial charge in [0.2, 0.25) is 0 Å². The molecule has 0 bridgehead atoms. The molecule has 1 saturated carbocycles. The van der Waals surface area contributed by atoms with Gasteiger partial charge < -0.3 is 0 Å². The molecule has 8 heavy (non-hydrogen) atoms. The smallest absolute Gasteiger partial charge is 0.0169 e. The molecule has 1 rings (SSSR count). The lowest BCUT2D eigenvalue weighted by Crippen LogP contribution is -1.80. The minimum Gasteiger partial charge on any atom is -0.0772 e. The van der Waals surface area contributed by atoms with Gasteiger partial charge in [0.25, 0.3) is 0 Å². The van der Waals surface area contributed by atoms with Crippen molar-refractivity contribution in [3.63, 3.8) is 0 Å². The number of hydrogen-bond donors (Lipinski definition) is 0. The number of rotatable bonds is 1. The van der Waals surface area contributed by atoms with Gasteiger partial charge in [0.15, 0.2) is 0 Å². The molecule has 0 aromatic heterocycles. The maximum absolute atomic E-state index is 2.35. The third kappa shape index (κ3) is 1.12. The normalized spacial score (nSPS) is 18.4. The molecular weight excluding hydrogens is 96.1 g/mol. The summed E-state index contributed by atoms with van der Waals surface area (Å²) in [7, 11) is 0. The molecule has 0 aromatic carbocycles. The predicted molar refractivity (Wildman–Crippen MR) is 36.5 cm³/mol. The van der Waals surface area contributed by atoms with Crippen LogP contribution in [-0.2, 0) is 0 Å². The van der Waals surface area contributed by atoms with E-state index in [9.17, 15) is 0 Å². The average molecular weight is 109 g/mol. The summed E-state index contributed by atoms with van der Waals surface area (Å²) in [6.07, 6.45) is 3.67. The van der Waals surface area contributed by atoms with Crippen molar-refractivity contribution < 1.29 is 0 Å². The van der Waals surface area contributed by atoms with Gasteiger partial charge in [-0.1, -0.05) is 11.1 Å². The molecule has 1 atom stereocenters. The van der Waals surface area contributed by atoms with Crippen molar-refractivity contribution in [1.82, 2.24) is 0 Å². The lowest BCUT2D eigenvalue weighted by Gasteiger charge is -1.97. The van der Waals surface area contributed by atoms with Crippen LogP contribution in [0.25, 0.3) is 0 Å². The first-order valence-corrected chi connectivity index (χ1v) is 3.19. The summed E-state index contributed by atoms with van der Waals surface area (Å²) >= 11 is 0. The predicted octanol–water partition coefficient (Wildman–Crippen LogP) is 2.57. The Hall–Kier alpha value is -0.260. The Kier molecular flexibility index (Phi) is 1.41. The van der Waals surface area contributed by atoms with Gasteiger partial charge in [-0.2, -0.15) is 0 Å². The molecule has 45 valence electrons. The quantitative estimate of drug-likeness (QED) is 0.454. The molecule has 0 heterocycles. The van der Waals surface area contributed by atoms with E-state index in [1.165, 1.54) is 12.0 Å². The Bertz CT molecular complexity index is 112. The first-order valence-electron chi connectivity index (χ1n) is 3.19. The highest BCUT2D eigenvalue weighted by atomic mass is 14.3. The van der Waals surface area contributed by atoms with Crippen molar-refractivity contribution in [2.75, 3.05) is 0 Å². The van der Waals surface area contributed by atoms with Crippen LogP contribution in [0.5, 0.6) is 0 Å². The molecule has 1 unspecified atom stereocenters. The van der Waals surface area contributed by atoms with Gasteiger partial charge in [-0.25, -0.2) is 0 Å². The van der Waals surface area contributed by atoms with Gasteiger partial charge in [-0.3, -0.25) is 0 Å². The molecule has 1 fully saturated rings. The molecule has 1 radical (unpaired) electrons. The SMILES string of the molecule is CC(C)=C(C)C1[CH]C1. The number of allylic oxidation sites excluding steroid dienone is 2. The largest absolute Gasteiger partial charge is 0.0772 e. The van der Waals surface area contributed by atoms with Crippen LogP contribution in [0.4, 0.5) is 0 Å². The zero-order valence-corrected chi connectivity index (χ0v) is 5.86. The first kappa shape index (κ1) is 5.87. The van der Waals surface area contributed by atoms with Gasteiger partial charge in [0.1, 0.15) is 0 Å². The maximum atomic E-state index is 2.35. The monoisotopic (exact) mass is 109 g/mol. The maximum Gasteiger partial charge on any atom is -0.0169 e. The summed E-state index contributed by atoms with van der Waals surface area (Å²) in [6.45, 7) is 6.59. The summed E-state index contributed by atoms with van der Waals surface area (Å²) in [6, 6.07) is 0. The second kappa shape index (κ2) is 1.93. The zero-order chi connectivity index (χ0) is 6.15. The summed E-state index contributed by atoms with van der Waals surface area (Å²) < 4.78 is 0. The van der Waals surface area contributed by atoms with Crippen LogP contribution in [0.3, 0.4) is 0 Å². The molecule has 0 aliphatic heterocycles.